The third kappa shape index (κ3) is 7.75. The van der Waals surface area contributed by atoms with E-state index in [-0.39, 0.29) is 15.7 Å². The van der Waals surface area contributed by atoms with E-state index in [1.165, 1.54) is 31.6 Å². The Balaban J connectivity index is 0.000000509. The summed E-state index contributed by atoms with van der Waals surface area (Å²) >= 11 is 5.89. The molecule has 15 heteroatoms. The number of phenols is 1. The highest BCUT2D eigenvalue weighted by molar-refractivity contribution is 7.89. The Morgan fingerprint density at radius 3 is 2.06 bits per heavy atom. The fourth-order valence-electron chi connectivity index (χ4n) is 2.23. The van der Waals surface area contributed by atoms with E-state index in [1.807, 2.05) is 0 Å². The van der Waals surface area contributed by atoms with Gasteiger partial charge in [0.2, 0.25) is 10.0 Å². The van der Waals surface area contributed by atoms with Crippen LogP contribution in [-0.2, 0) is 14.8 Å². The number of hydrogen-bond acceptors (Lipinski definition) is 8. The Morgan fingerprint density at radius 1 is 1.00 bits per heavy atom. The van der Waals surface area contributed by atoms with E-state index < -0.39 is 22.2 Å². The van der Waals surface area contributed by atoms with Crippen LogP contribution in [0.4, 0.5) is 36.2 Å². The molecule has 3 aromatic rings. The maximum atomic E-state index is 11.9. The van der Waals surface area contributed by atoms with Crippen LogP contribution in [0.25, 0.3) is 0 Å². The van der Waals surface area contributed by atoms with Crippen LogP contribution < -0.4 is 15.4 Å². The molecule has 0 saturated carbocycles. The summed E-state index contributed by atoms with van der Waals surface area (Å²) in [6, 6.07) is 12.7. The number of halogens is 4. The molecule has 1 aromatic heterocycles. The van der Waals surface area contributed by atoms with Gasteiger partial charge >= 0.3 is 12.1 Å². The summed E-state index contributed by atoms with van der Waals surface area (Å²) in [5.41, 5.74) is 1.20. The third-order valence-corrected chi connectivity index (χ3v) is 5.53. The zero-order valence-corrected chi connectivity index (χ0v) is 18.7. The van der Waals surface area contributed by atoms with Gasteiger partial charge in [-0.3, -0.25) is 0 Å². The fraction of sp³-hybridized carbons (Fsp3) is 0.105. The van der Waals surface area contributed by atoms with Gasteiger partial charge in [-0.05, 0) is 43.4 Å². The van der Waals surface area contributed by atoms with Crippen molar-refractivity contribution in [3.05, 3.63) is 59.9 Å². The second kappa shape index (κ2) is 11.0. The van der Waals surface area contributed by atoms with E-state index in [9.17, 15) is 26.7 Å². The molecule has 0 fully saturated rings. The second-order valence-corrected chi connectivity index (χ2v) is 8.54. The molecule has 10 nitrogen and oxygen atoms in total. The molecule has 2 aromatic carbocycles. The monoisotopic (exact) mass is 519 g/mol. The molecule has 34 heavy (non-hydrogen) atoms. The van der Waals surface area contributed by atoms with Gasteiger partial charge in [0.25, 0.3) is 0 Å². The van der Waals surface area contributed by atoms with Crippen molar-refractivity contribution in [1.82, 2.24) is 14.7 Å². The summed E-state index contributed by atoms with van der Waals surface area (Å²) in [4.78, 5) is 17.3. The molecule has 0 unspecified atom stereocenters. The van der Waals surface area contributed by atoms with Crippen LogP contribution in [0.15, 0.2) is 59.8 Å². The van der Waals surface area contributed by atoms with Crippen LogP contribution in [0.5, 0.6) is 5.75 Å². The number of alkyl halides is 3. The van der Waals surface area contributed by atoms with Gasteiger partial charge in [0.15, 0.2) is 0 Å². The predicted molar refractivity (Wildman–Crippen MR) is 118 cm³/mol. The van der Waals surface area contributed by atoms with Crippen LogP contribution in [0.1, 0.15) is 0 Å². The average Bonchev–Trinajstić information content (AvgIpc) is 2.76. The van der Waals surface area contributed by atoms with E-state index >= 15 is 0 Å². The van der Waals surface area contributed by atoms with Crippen molar-refractivity contribution in [1.29, 1.82) is 0 Å². The largest absolute Gasteiger partial charge is 0.506 e. The van der Waals surface area contributed by atoms with Crippen molar-refractivity contribution in [3.8, 4) is 5.75 Å². The first kappa shape index (κ1) is 26.6. The number of aromatic hydroxyl groups is 1. The van der Waals surface area contributed by atoms with Crippen LogP contribution in [0, 0.1) is 0 Å². The number of anilines is 4. The lowest BCUT2D eigenvalue weighted by molar-refractivity contribution is -0.192. The number of rotatable bonds is 6. The van der Waals surface area contributed by atoms with E-state index in [0.717, 1.165) is 0 Å². The van der Waals surface area contributed by atoms with Crippen LogP contribution in [0.3, 0.4) is 0 Å². The predicted octanol–water partition coefficient (Wildman–Crippen LogP) is 3.86. The van der Waals surface area contributed by atoms with Gasteiger partial charge in [0, 0.05) is 17.4 Å². The minimum atomic E-state index is -5.08. The number of phenolic OH excluding ortho intramolecular Hbond substituents is 1. The summed E-state index contributed by atoms with van der Waals surface area (Å²) in [6.45, 7) is 0. The summed E-state index contributed by atoms with van der Waals surface area (Å²) in [5, 5.41) is 22.9. The maximum Gasteiger partial charge on any atom is 0.490 e. The molecule has 0 radical (unpaired) electrons. The quantitative estimate of drug-likeness (QED) is 0.305. The Morgan fingerprint density at radius 2 is 1.56 bits per heavy atom. The molecular weight excluding hydrogens is 503 g/mol. The van der Waals surface area contributed by atoms with Crippen LogP contribution in [-0.4, -0.2) is 47.8 Å². The molecule has 0 saturated heterocycles. The smallest absolute Gasteiger partial charge is 0.490 e. The maximum absolute atomic E-state index is 11.9. The SMILES string of the molecule is CNS(=O)(=O)c1cccc(Nc2cc(Nc3ccc(O)c(Cl)c3)ncn2)c1.O=C(O)C(F)(F)F. The first-order valence-electron chi connectivity index (χ1n) is 9.00. The zero-order valence-electron chi connectivity index (χ0n) is 17.1. The van der Waals surface area contributed by atoms with Gasteiger partial charge in [-0.1, -0.05) is 17.7 Å². The summed E-state index contributed by atoms with van der Waals surface area (Å²) in [7, 11) is -2.18. The van der Waals surface area contributed by atoms with Crippen molar-refractivity contribution in [2.24, 2.45) is 0 Å². The van der Waals surface area contributed by atoms with E-state index in [4.69, 9.17) is 21.5 Å². The van der Waals surface area contributed by atoms with Crippen molar-refractivity contribution < 1.29 is 36.6 Å². The topological polar surface area (TPSA) is 154 Å². The van der Waals surface area contributed by atoms with Gasteiger partial charge in [-0.2, -0.15) is 13.2 Å². The highest BCUT2D eigenvalue weighted by Crippen LogP contribution is 2.28. The molecule has 0 bridgehead atoms. The third-order valence-electron chi connectivity index (χ3n) is 3.82. The number of hydrogen-bond donors (Lipinski definition) is 5. The highest BCUT2D eigenvalue weighted by Gasteiger charge is 2.38. The fourth-order valence-corrected chi connectivity index (χ4v) is 3.19. The lowest BCUT2D eigenvalue weighted by atomic mass is 10.3. The Hall–Kier alpha value is -3.62. The lowest BCUT2D eigenvalue weighted by Crippen LogP contribution is -2.21. The number of aromatic nitrogens is 2. The normalized spacial score (nSPS) is 11.2. The molecule has 1 heterocycles. The summed E-state index contributed by atoms with van der Waals surface area (Å²) < 4.78 is 57.8. The molecule has 5 N–H and O–H groups in total. The molecule has 0 spiro atoms. The van der Waals surface area contributed by atoms with Crippen molar-refractivity contribution in [2.45, 2.75) is 11.1 Å². The second-order valence-electron chi connectivity index (χ2n) is 6.24. The van der Waals surface area contributed by atoms with Gasteiger partial charge in [-0.15, -0.1) is 0 Å². The van der Waals surface area contributed by atoms with E-state index in [1.54, 1.807) is 30.3 Å². The number of aliphatic carboxylic acids is 1. The van der Waals surface area contributed by atoms with Crippen LogP contribution in [0.2, 0.25) is 5.02 Å². The van der Waals surface area contributed by atoms with Gasteiger partial charge < -0.3 is 20.8 Å². The minimum Gasteiger partial charge on any atom is -0.506 e. The number of carboxylic acids is 1. The molecule has 0 amide bonds. The molecule has 182 valence electrons. The molecule has 0 aliphatic carbocycles. The van der Waals surface area contributed by atoms with Crippen molar-refractivity contribution in [3.63, 3.8) is 0 Å². The molecule has 0 atom stereocenters. The first-order valence-corrected chi connectivity index (χ1v) is 10.9. The summed E-state index contributed by atoms with van der Waals surface area (Å²) in [5.74, 6) is -1.80. The number of nitrogens with zero attached hydrogens (tertiary/aromatic N) is 2. The molecular formula is C19H17ClF3N5O5S. The number of benzene rings is 2. The van der Waals surface area contributed by atoms with Crippen LogP contribution >= 0.6 is 11.6 Å². The number of carboxylic acid groups (broad SMARTS) is 1. The molecule has 0 aliphatic rings. The van der Waals surface area contributed by atoms with E-state index in [2.05, 4.69) is 25.3 Å². The Kier molecular flexibility index (Phi) is 8.62. The standard InChI is InChI=1S/C17H16ClN5O3S.C2HF3O2/c1-19-27(25,26)13-4-2-3-11(7-13)22-16-9-17(21-10-20-16)23-12-5-6-15(24)14(18)8-12;3-2(4,5)1(6)7/h2-10,19,24H,1H3,(H2,20,21,22,23);(H,6,7). The Bertz CT molecular complexity index is 1280. The number of nitrogens with one attached hydrogen (secondary N) is 3. The van der Waals surface area contributed by atoms with Crippen molar-refractivity contribution >= 4 is 50.6 Å². The van der Waals surface area contributed by atoms with Crippen molar-refractivity contribution in [2.75, 3.05) is 17.7 Å². The first-order chi connectivity index (χ1) is 15.8. The van der Waals surface area contributed by atoms with Gasteiger partial charge in [0.1, 0.15) is 23.7 Å². The highest BCUT2D eigenvalue weighted by atomic mass is 35.5. The zero-order chi connectivity index (χ0) is 25.5. The van der Waals surface area contributed by atoms with E-state index in [0.29, 0.717) is 23.0 Å². The number of carbonyl (C=O) groups is 1. The van der Waals surface area contributed by atoms with Gasteiger partial charge in [0.05, 0.1) is 9.92 Å². The molecule has 3 rings (SSSR count). The minimum absolute atomic E-state index is 0.0105. The number of sulfonamides is 1. The van der Waals surface area contributed by atoms with Gasteiger partial charge in [-0.25, -0.2) is 27.9 Å². The lowest BCUT2D eigenvalue weighted by Gasteiger charge is -2.10. The average molecular weight is 520 g/mol. The summed E-state index contributed by atoms with van der Waals surface area (Å²) in [6.07, 6.45) is -3.72. The Labute approximate surface area is 196 Å². The molecule has 0 aliphatic heterocycles.